The van der Waals surface area contributed by atoms with E-state index in [1.54, 1.807) is 9.80 Å². The van der Waals surface area contributed by atoms with Crippen LogP contribution in [0, 0.1) is 0 Å². The molecule has 0 aromatic heterocycles. The summed E-state index contributed by atoms with van der Waals surface area (Å²) in [7, 11) is 0. The van der Waals surface area contributed by atoms with E-state index in [-0.39, 0.29) is 12.3 Å². The van der Waals surface area contributed by atoms with Gasteiger partial charge in [0.15, 0.2) is 12.6 Å². The molecule has 2 heterocycles. The van der Waals surface area contributed by atoms with Crippen LogP contribution < -0.4 is 15.1 Å². The van der Waals surface area contributed by atoms with E-state index < -0.39 is 12.6 Å². The van der Waals surface area contributed by atoms with Gasteiger partial charge in [-0.3, -0.25) is 5.32 Å². The third-order valence-electron chi connectivity index (χ3n) is 5.13. The summed E-state index contributed by atoms with van der Waals surface area (Å²) >= 11 is 0. The van der Waals surface area contributed by atoms with Gasteiger partial charge in [0, 0.05) is 24.2 Å². The maximum absolute atomic E-state index is 14.5. The summed E-state index contributed by atoms with van der Waals surface area (Å²) in [6.07, 6.45) is 0.143. The molecule has 0 amide bonds. The molecule has 5 heteroatoms. The summed E-state index contributed by atoms with van der Waals surface area (Å²) in [5.41, 5.74) is 1.73. The monoisotopic (exact) mass is 343 g/mol. The van der Waals surface area contributed by atoms with Gasteiger partial charge in [-0.15, -0.1) is 0 Å². The summed E-state index contributed by atoms with van der Waals surface area (Å²) in [4.78, 5) is 3.57. The van der Waals surface area contributed by atoms with Crippen molar-refractivity contribution in [3.05, 3.63) is 60.7 Å². The fourth-order valence-electron chi connectivity index (χ4n) is 3.97. The second-order valence-electron chi connectivity index (χ2n) is 6.71. The van der Waals surface area contributed by atoms with E-state index in [2.05, 4.69) is 5.32 Å². The number of para-hydroxylation sites is 2. The maximum atomic E-state index is 14.5. The van der Waals surface area contributed by atoms with Crippen molar-refractivity contribution in [3.63, 3.8) is 0 Å². The van der Waals surface area contributed by atoms with Gasteiger partial charge in [-0.2, -0.15) is 0 Å². The van der Waals surface area contributed by atoms with Crippen molar-refractivity contribution in [1.29, 1.82) is 0 Å². The lowest BCUT2D eigenvalue weighted by Crippen LogP contribution is -2.53. The molecule has 4 rings (SSSR count). The smallest absolute Gasteiger partial charge is 0.173 e. The minimum Gasteiger partial charge on any atom is -0.326 e. The van der Waals surface area contributed by atoms with Crippen LogP contribution in [0.4, 0.5) is 20.2 Å². The molecule has 0 bridgehead atoms. The molecule has 2 aromatic carbocycles. The summed E-state index contributed by atoms with van der Waals surface area (Å²) < 4.78 is 29.0. The van der Waals surface area contributed by atoms with Crippen LogP contribution in [-0.4, -0.2) is 24.9 Å². The lowest BCUT2D eigenvalue weighted by molar-refractivity contribution is 0.317. The lowest BCUT2D eigenvalue weighted by atomic mass is 10.2. The SMILES string of the molecule is FC1CCC(NC2CCC(F)N2c2ccccc2)N1c1ccccc1. The molecule has 2 fully saturated rings. The molecule has 25 heavy (non-hydrogen) atoms. The van der Waals surface area contributed by atoms with Gasteiger partial charge in [-0.25, -0.2) is 8.78 Å². The van der Waals surface area contributed by atoms with Crippen molar-refractivity contribution in [2.24, 2.45) is 0 Å². The predicted octanol–water partition coefficient (Wildman–Crippen LogP) is 4.42. The molecule has 2 aliphatic heterocycles. The Bertz CT molecular complexity index is 622. The molecule has 4 unspecified atom stereocenters. The van der Waals surface area contributed by atoms with Gasteiger partial charge >= 0.3 is 0 Å². The van der Waals surface area contributed by atoms with E-state index >= 15 is 0 Å². The van der Waals surface area contributed by atoms with Gasteiger partial charge in [0.25, 0.3) is 0 Å². The molecular weight excluding hydrogens is 320 g/mol. The van der Waals surface area contributed by atoms with Crippen molar-refractivity contribution in [2.75, 3.05) is 9.80 Å². The van der Waals surface area contributed by atoms with Gasteiger partial charge in [-0.1, -0.05) is 36.4 Å². The highest BCUT2D eigenvalue weighted by Gasteiger charge is 2.39. The number of nitrogens with one attached hydrogen (secondary N) is 1. The second-order valence-corrected chi connectivity index (χ2v) is 6.71. The Labute approximate surface area is 147 Å². The minimum absolute atomic E-state index is 0.126. The third kappa shape index (κ3) is 3.21. The largest absolute Gasteiger partial charge is 0.326 e. The van der Waals surface area contributed by atoms with Crippen LogP contribution in [0.25, 0.3) is 0 Å². The molecule has 132 valence electrons. The van der Waals surface area contributed by atoms with Crippen molar-refractivity contribution in [1.82, 2.24) is 5.32 Å². The predicted molar refractivity (Wildman–Crippen MR) is 96.8 cm³/mol. The van der Waals surface area contributed by atoms with Gasteiger partial charge in [0.05, 0.1) is 12.3 Å². The van der Waals surface area contributed by atoms with Gasteiger partial charge in [0.2, 0.25) is 0 Å². The van der Waals surface area contributed by atoms with Crippen LogP contribution >= 0.6 is 0 Å². The van der Waals surface area contributed by atoms with Crippen LogP contribution in [0.15, 0.2) is 60.7 Å². The van der Waals surface area contributed by atoms with Crippen molar-refractivity contribution in [2.45, 2.75) is 50.6 Å². The van der Waals surface area contributed by atoms with Crippen molar-refractivity contribution >= 4 is 11.4 Å². The Morgan fingerprint density at radius 2 is 1.04 bits per heavy atom. The molecule has 2 aromatic rings. The summed E-state index contributed by atoms with van der Waals surface area (Å²) in [5.74, 6) is 0. The zero-order chi connectivity index (χ0) is 17.2. The maximum Gasteiger partial charge on any atom is 0.173 e. The zero-order valence-electron chi connectivity index (χ0n) is 14.1. The Morgan fingerprint density at radius 1 is 0.640 bits per heavy atom. The fourth-order valence-corrected chi connectivity index (χ4v) is 3.97. The van der Waals surface area contributed by atoms with Gasteiger partial charge in [-0.05, 0) is 37.1 Å². The highest BCUT2D eigenvalue weighted by molar-refractivity contribution is 5.50. The number of hydrogen-bond acceptors (Lipinski definition) is 3. The number of rotatable bonds is 4. The molecule has 0 saturated carbocycles. The minimum atomic E-state index is -1.01. The summed E-state index contributed by atoms with van der Waals surface area (Å²) in [6, 6.07) is 19.2. The van der Waals surface area contributed by atoms with Crippen LogP contribution in [0.2, 0.25) is 0 Å². The first-order chi connectivity index (χ1) is 12.2. The Hall–Kier alpha value is -2.14. The van der Waals surface area contributed by atoms with E-state index in [0.717, 1.165) is 11.4 Å². The number of nitrogens with zero attached hydrogens (tertiary/aromatic N) is 2. The van der Waals surface area contributed by atoms with Crippen molar-refractivity contribution in [3.8, 4) is 0 Å². The zero-order valence-corrected chi connectivity index (χ0v) is 14.1. The van der Waals surface area contributed by atoms with E-state index in [9.17, 15) is 8.78 Å². The Kier molecular flexibility index (Phi) is 4.57. The number of hydrogen-bond donors (Lipinski definition) is 1. The molecule has 1 N–H and O–H groups in total. The van der Waals surface area contributed by atoms with Gasteiger partial charge < -0.3 is 9.80 Å². The number of halogens is 2. The van der Waals surface area contributed by atoms with E-state index in [4.69, 9.17) is 0 Å². The second kappa shape index (κ2) is 7.00. The first-order valence-corrected chi connectivity index (χ1v) is 8.95. The number of benzene rings is 2. The summed E-state index contributed by atoms with van der Waals surface area (Å²) in [6.45, 7) is 0. The fraction of sp³-hybridized carbons (Fsp3) is 0.400. The highest BCUT2D eigenvalue weighted by atomic mass is 19.1. The molecule has 0 radical (unpaired) electrons. The quantitative estimate of drug-likeness (QED) is 0.829. The summed E-state index contributed by atoms with van der Waals surface area (Å²) in [5, 5.41) is 3.51. The van der Waals surface area contributed by atoms with Crippen LogP contribution in [0.3, 0.4) is 0 Å². The molecule has 2 saturated heterocycles. The molecule has 0 spiro atoms. The molecule has 3 nitrogen and oxygen atoms in total. The Morgan fingerprint density at radius 3 is 1.44 bits per heavy atom. The van der Waals surface area contributed by atoms with Crippen LogP contribution in [0.5, 0.6) is 0 Å². The first-order valence-electron chi connectivity index (χ1n) is 8.95. The lowest BCUT2D eigenvalue weighted by Gasteiger charge is -2.35. The third-order valence-corrected chi connectivity index (χ3v) is 5.13. The van der Waals surface area contributed by atoms with Crippen molar-refractivity contribution < 1.29 is 8.78 Å². The van der Waals surface area contributed by atoms with Crippen LogP contribution in [0.1, 0.15) is 25.7 Å². The van der Waals surface area contributed by atoms with E-state index in [0.29, 0.717) is 25.7 Å². The number of anilines is 2. The standard InChI is InChI=1S/C20H23F2N3/c21-17-11-13-19(24(17)15-7-3-1-4-8-15)23-20-14-12-18(22)25(20)16-9-5-2-6-10-16/h1-10,17-20,23H,11-14H2. The van der Waals surface area contributed by atoms with Crippen LogP contribution in [-0.2, 0) is 0 Å². The normalized spacial score (nSPS) is 29.4. The molecule has 4 atom stereocenters. The molecule has 2 aliphatic rings. The average molecular weight is 343 g/mol. The molecular formula is C20H23F2N3. The van der Waals surface area contributed by atoms with E-state index in [1.165, 1.54) is 0 Å². The number of alkyl halides is 2. The topological polar surface area (TPSA) is 18.5 Å². The van der Waals surface area contributed by atoms with E-state index in [1.807, 2.05) is 60.7 Å². The Balaban J connectivity index is 1.54. The van der Waals surface area contributed by atoms with Gasteiger partial charge in [0.1, 0.15) is 0 Å². The average Bonchev–Trinajstić information content (AvgIpc) is 3.19. The molecule has 0 aliphatic carbocycles. The highest BCUT2D eigenvalue weighted by Crippen LogP contribution is 2.34. The first kappa shape index (κ1) is 16.3.